The van der Waals surface area contributed by atoms with E-state index in [0.29, 0.717) is 25.8 Å². The Morgan fingerprint density at radius 1 is 1.16 bits per heavy atom. The largest absolute Gasteiger partial charge is 0.454 e. The average Bonchev–Trinajstić information content (AvgIpc) is 3.31. The van der Waals surface area contributed by atoms with Gasteiger partial charge in [-0.3, -0.25) is 19.3 Å². The molecule has 2 fully saturated rings. The number of benzene rings is 1. The van der Waals surface area contributed by atoms with Crippen LogP contribution in [0.2, 0.25) is 0 Å². The molecule has 2 heterocycles. The molecule has 0 bridgehead atoms. The molecule has 1 aliphatic carbocycles. The number of nitrogens with zero attached hydrogens (tertiary/aromatic N) is 1. The van der Waals surface area contributed by atoms with E-state index >= 15 is 0 Å². The molecule has 1 saturated heterocycles. The summed E-state index contributed by atoms with van der Waals surface area (Å²) >= 11 is 0. The predicted octanol–water partition coefficient (Wildman–Crippen LogP) is 1.93. The van der Waals surface area contributed by atoms with Crippen molar-refractivity contribution >= 4 is 34.6 Å². The van der Waals surface area contributed by atoms with Crippen LogP contribution in [-0.4, -0.2) is 52.8 Å². The van der Waals surface area contributed by atoms with E-state index < -0.39 is 24.5 Å². The number of carbonyl (C=O) groups excluding carboxylic acids is 4. The fourth-order valence-electron chi connectivity index (χ4n) is 4.66. The minimum Gasteiger partial charge on any atom is -0.454 e. The summed E-state index contributed by atoms with van der Waals surface area (Å²) in [5.41, 5.74) is 2.13. The lowest BCUT2D eigenvalue weighted by Gasteiger charge is -2.21. The quantitative estimate of drug-likeness (QED) is 0.521. The molecule has 2 aromatic rings. The van der Waals surface area contributed by atoms with Gasteiger partial charge in [-0.2, -0.15) is 0 Å². The molecule has 0 radical (unpaired) electrons. The van der Waals surface area contributed by atoms with Gasteiger partial charge in [-0.05, 0) is 37.8 Å². The zero-order valence-corrected chi connectivity index (χ0v) is 17.6. The molecule has 1 aromatic carbocycles. The van der Waals surface area contributed by atoms with E-state index in [-0.39, 0.29) is 23.7 Å². The third-order valence-corrected chi connectivity index (χ3v) is 6.34. The fourth-order valence-corrected chi connectivity index (χ4v) is 4.66. The maximum Gasteiger partial charge on any atom is 0.329 e. The lowest BCUT2D eigenvalue weighted by molar-refractivity contribution is -0.159. The van der Waals surface area contributed by atoms with Crippen molar-refractivity contribution in [3.8, 4) is 0 Å². The van der Waals surface area contributed by atoms with Gasteiger partial charge in [-0.1, -0.05) is 31.0 Å². The van der Waals surface area contributed by atoms with Crippen LogP contribution in [-0.2, 0) is 30.3 Å². The number of nitrogens with one attached hydrogen (secondary N) is 2. The Hall–Kier alpha value is -3.16. The second-order valence-electron chi connectivity index (χ2n) is 8.29. The number of fused-ring (bicyclic) bond motifs is 2. The van der Waals surface area contributed by atoms with Crippen LogP contribution in [0.25, 0.3) is 10.9 Å². The molecule has 2 aliphatic rings. The number of amides is 3. The Kier molecular flexibility index (Phi) is 6.06. The summed E-state index contributed by atoms with van der Waals surface area (Å²) in [6, 6.07) is 6.90. The van der Waals surface area contributed by atoms with E-state index in [9.17, 15) is 19.2 Å². The standard InChI is InChI=1S/C23H27N3O5/c1-14(26-21(28)17-7-2-3-8-18(17)22(26)29)23(30)31-13-20(27)24-11-10-15-12-25-19-9-5-4-6-16(15)19/h4-6,9,12,14,17-18,25H,2-3,7-8,10-11,13H2,1H3,(H,24,27)/t14-,17+,18+/m0/s1. The first-order valence-corrected chi connectivity index (χ1v) is 10.8. The smallest absolute Gasteiger partial charge is 0.329 e. The highest BCUT2D eigenvalue weighted by Crippen LogP contribution is 2.38. The number of likely N-dealkylation sites (tertiary alicyclic amines) is 1. The predicted molar refractivity (Wildman–Crippen MR) is 113 cm³/mol. The maximum absolute atomic E-state index is 12.6. The first-order chi connectivity index (χ1) is 15.0. The first-order valence-electron chi connectivity index (χ1n) is 10.8. The van der Waals surface area contributed by atoms with Crippen LogP contribution in [0.3, 0.4) is 0 Å². The number of imide groups is 1. The van der Waals surface area contributed by atoms with Gasteiger partial charge in [-0.25, -0.2) is 4.79 Å². The zero-order valence-electron chi connectivity index (χ0n) is 17.6. The Balaban J connectivity index is 1.24. The number of rotatable bonds is 7. The van der Waals surface area contributed by atoms with Crippen molar-refractivity contribution in [2.24, 2.45) is 11.8 Å². The number of esters is 1. The van der Waals surface area contributed by atoms with E-state index in [2.05, 4.69) is 10.3 Å². The van der Waals surface area contributed by atoms with E-state index in [1.54, 1.807) is 0 Å². The normalized spacial score (nSPS) is 21.8. The van der Waals surface area contributed by atoms with Gasteiger partial charge >= 0.3 is 5.97 Å². The summed E-state index contributed by atoms with van der Waals surface area (Å²) in [4.78, 5) is 53.9. The Morgan fingerprint density at radius 2 is 1.84 bits per heavy atom. The highest BCUT2D eigenvalue weighted by atomic mass is 16.5. The lowest BCUT2D eigenvalue weighted by Crippen LogP contribution is -2.45. The summed E-state index contributed by atoms with van der Waals surface area (Å²) in [6.45, 7) is 1.44. The van der Waals surface area contributed by atoms with Crippen LogP contribution in [0.1, 0.15) is 38.2 Å². The second-order valence-corrected chi connectivity index (χ2v) is 8.29. The van der Waals surface area contributed by atoms with Crippen molar-refractivity contribution < 1.29 is 23.9 Å². The van der Waals surface area contributed by atoms with E-state index in [0.717, 1.165) is 34.2 Å². The Labute approximate surface area is 180 Å². The van der Waals surface area contributed by atoms with Crippen molar-refractivity contribution in [1.29, 1.82) is 0 Å². The van der Waals surface area contributed by atoms with Gasteiger partial charge in [-0.15, -0.1) is 0 Å². The van der Waals surface area contributed by atoms with Crippen LogP contribution in [0.4, 0.5) is 0 Å². The van der Waals surface area contributed by atoms with Crippen molar-refractivity contribution in [3.05, 3.63) is 36.0 Å². The van der Waals surface area contributed by atoms with Crippen LogP contribution in [0.5, 0.6) is 0 Å². The number of hydrogen-bond donors (Lipinski definition) is 2. The molecule has 3 amide bonds. The van der Waals surface area contributed by atoms with Gasteiger partial charge in [0.1, 0.15) is 6.04 Å². The van der Waals surface area contributed by atoms with E-state index in [1.807, 2.05) is 30.5 Å². The van der Waals surface area contributed by atoms with Crippen LogP contribution >= 0.6 is 0 Å². The minimum absolute atomic E-state index is 0.290. The van der Waals surface area contributed by atoms with Crippen molar-refractivity contribution in [2.45, 2.75) is 45.1 Å². The molecule has 2 N–H and O–H groups in total. The van der Waals surface area contributed by atoms with Gasteiger partial charge in [0.25, 0.3) is 5.91 Å². The molecule has 0 unspecified atom stereocenters. The molecular weight excluding hydrogens is 398 g/mol. The van der Waals surface area contributed by atoms with Crippen molar-refractivity contribution in [2.75, 3.05) is 13.2 Å². The molecule has 8 heteroatoms. The number of H-pyrrole nitrogens is 1. The third-order valence-electron chi connectivity index (χ3n) is 6.34. The Bertz CT molecular complexity index is 990. The van der Waals surface area contributed by atoms with Crippen LogP contribution in [0.15, 0.2) is 30.5 Å². The maximum atomic E-state index is 12.6. The Morgan fingerprint density at radius 3 is 2.55 bits per heavy atom. The molecule has 0 spiro atoms. The summed E-state index contributed by atoms with van der Waals surface area (Å²) in [5.74, 6) is -2.38. The highest BCUT2D eigenvalue weighted by Gasteiger charge is 2.51. The number of para-hydroxylation sites is 1. The monoisotopic (exact) mass is 425 g/mol. The van der Waals surface area contributed by atoms with Gasteiger partial charge in [0, 0.05) is 23.6 Å². The number of aromatic amines is 1. The fraction of sp³-hybridized carbons (Fsp3) is 0.478. The third kappa shape index (κ3) is 4.19. The molecule has 31 heavy (non-hydrogen) atoms. The molecule has 3 atom stereocenters. The van der Waals surface area contributed by atoms with Gasteiger partial charge in [0.15, 0.2) is 6.61 Å². The van der Waals surface area contributed by atoms with Crippen molar-refractivity contribution in [1.82, 2.24) is 15.2 Å². The molecule has 1 saturated carbocycles. The number of aromatic nitrogens is 1. The topological polar surface area (TPSA) is 109 Å². The SMILES string of the molecule is C[C@@H](C(=O)OCC(=O)NCCc1c[nH]c2ccccc12)N1C(=O)[C@@H]2CCCC[C@H]2C1=O. The number of carbonyl (C=O) groups is 4. The van der Waals surface area contributed by atoms with E-state index in [4.69, 9.17) is 4.74 Å². The molecule has 1 aliphatic heterocycles. The van der Waals surface area contributed by atoms with E-state index in [1.165, 1.54) is 6.92 Å². The molecule has 164 valence electrons. The lowest BCUT2D eigenvalue weighted by atomic mass is 9.81. The summed E-state index contributed by atoms with van der Waals surface area (Å²) in [5, 5.41) is 3.84. The number of hydrogen-bond acceptors (Lipinski definition) is 5. The van der Waals surface area contributed by atoms with Gasteiger partial charge in [0.05, 0.1) is 11.8 Å². The van der Waals surface area contributed by atoms with Crippen molar-refractivity contribution in [3.63, 3.8) is 0 Å². The number of ether oxygens (including phenoxy) is 1. The zero-order chi connectivity index (χ0) is 22.0. The van der Waals surface area contributed by atoms with Crippen LogP contribution in [0, 0.1) is 11.8 Å². The first kappa shape index (κ1) is 21.1. The summed E-state index contributed by atoms with van der Waals surface area (Å²) in [6.07, 6.45) is 5.77. The summed E-state index contributed by atoms with van der Waals surface area (Å²) < 4.78 is 5.08. The summed E-state index contributed by atoms with van der Waals surface area (Å²) in [7, 11) is 0. The molecule has 4 rings (SSSR count). The molecule has 8 nitrogen and oxygen atoms in total. The minimum atomic E-state index is -1.02. The van der Waals surface area contributed by atoms with Crippen LogP contribution < -0.4 is 5.32 Å². The molecular formula is C23H27N3O5. The second kappa shape index (κ2) is 8.91. The van der Waals surface area contributed by atoms with Gasteiger partial charge in [0.2, 0.25) is 11.8 Å². The average molecular weight is 425 g/mol. The van der Waals surface area contributed by atoms with Gasteiger partial charge < -0.3 is 15.0 Å². The molecule has 1 aromatic heterocycles. The highest BCUT2D eigenvalue weighted by molar-refractivity contribution is 6.07.